The Morgan fingerprint density at radius 2 is 2.33 bits per heavy atom. The Morgan fingerprint density at radius 3 is 3.05 bits per heavy atom. The number of carbonyl (C=O) groups is 1. The van der Waals surface area contributed by atoms with Gasteiger partial charge in [0.05, 0.1) is 13.2 Å². The molecule has 1 saturated heterocycles. The molecule has 1 unspecified atom stereocenters. The van der Waals surface area contributed by atoms with E-state index in [9.17, 15) is 4.79 Å². The van der Waals surface area contributed by atoms with E-state index in [2.05, 4.69) is 43.6 Å². The maximum atomic E-state index is 12.3. The van der Waals surface area contributed by atoms with Gasteiger partial charge >= 0.3 is 0 Å². The van der Waals surface area contributed by atoms with E-state index in [4.69, 9.17) is 4.74 Å². The molecule has 116 valence electrons. The Hall–Kier alpha value is -1.11. The molecule has 2 N–H and O–H groups in total. The van der Waals surface area contributed by atoms with Gasteiger partial charge in [0.2, 0.25) is 5.91 Å². The van der Waals surface area contributed by atoms with Gasteiger partial charge in [-0.05, 0) is 31.7 Å². The molecule has 0 aromatic heterocycles. The van der Waals surface area contributed by atoms with Crippen LogP contribution in [0.15, 0.2) is 22.7 Å². The maximum Gasteiger partial charge on any atom is 0.245 e. The van der Waals surface area contributed by atoms with E-state index >= 15 is 0 Å². The largest absolute Gasteiger partial charge is 0.377 e. The summed E-state index contributed by atoms with van der Waals surface area (Å²) in [6.45, 7) is 5.11. The minimum Gasteiger partial charge on any atom is -0.377 e. The lowest BCUT2D eigenvalue weighted by Gasteiger charge is -2.37. The monoisotopic (exact) mass is 355 g/mol. The van der Waals surface area contributed by atoms with Crippen molar-refractivity contribution in [2.75, 3.05) is 38.3 Å². The molecule has 1 atom stereocenters. The second-order valence-corrected chi connectivity index (χ2v) is 5.90. The summed E-state index contributed by atoms with van der Waals surface area (Å²) in [7, 11) is 1.92. The van der Waals surface area contributed by atoms with Crippen molar-refractivity contribution in [1.82, 2.24) is 10.6 Å². The summed E-state index contributed by atoms with van der Waals surface area (Å²) in [6.07, 6.45) is 0. The van der Waals surface area contributed by atoms with E-state index in [1.165, 1.54) is 5.56 Å². The number of hydrogen-bond acceptors (Lipinski definition) is 4. The molecule has 1 heterocycles. The highest BCUT2D eigenvalue weighted by Crippen LogP contribution is 2.28. The number of rotatable bonds is 5. The van der Waals surface area contributed by atoms with Crippen LogP contribution < -0.4 is 15.5 Å². The second-order valence-electron chi connectivity index (χ2n) is 4.98. The predicted molar refractivity (Wildman–Crippen MR) is 87.5 cm³/mol. The summed E-state index contributed by atoms with van der Waals surface area (Å²) in [5.41, 5.74) is 2.26. The molecule has 21 heavy (non-hydrogen) atoms. The van der Waals surface area contributed by atoms with Crippen molar-refractivity contribution in [3.05, 3.63) is 28.2 Å². The summed E-state index contributed by atoms with van der Waals surface area (Å²) in [4.78, 5) is 14.4. The fraction of sp³-hybridized carbons (Fsp3) is 0.533. The number of morpholine rings is 1. The Balaban J connectivity index is 2.32. The fourth-order valence-corrected chi connectivity index (χ4v) is 2.89. The molecule has 0 spiro atoms. The SMILES string of the molecule is CCNC(=O)C1COCCN1c1cc(Br)ccc1CNC. The Labute approximate surface area is 134 Å². The molecule has 1 amide bonds. The van der Waals surface area contributed by atoms with Crippen LogP contribution in [-0.4, -0.2) is 45.3 Å². The van der Waals surface area contributed by atoms with Crippen LogP contribution in [0.2, 0.25) is 0 Å². The number of halogens is 1. The van der Waals surface area contributed by atoms with Crippen molar-refractivity contribution < 1.29 is 9.53 Å². The zero-order valence-corrected chi connectivity index (χ0v) is 14.1. The molecule has 2 rings (SSSR count). The molecule has 0 radical (unpaired) electrons. The average molecular weight is 356 g/mol. The molecule has 1 aliphatic rings. The number of benzene rings is 1. The van der Waals surface area contributed by atoms with Crippen LogP contribution in [0.3, 0.4) is 0 Å². The highest BCUT2D eigenvalue weighted by atomic mass is 79.9. The zero-order chi connectivity index (χ0) is 15.2. The second kappa shape index (κ2) is 7.77. The van der Waals surface area contributed by atoms with E-state index < -0.39 is 0 Å². The average Bonchev–Trinajstić information content (AvgIpc) is 2.49. The van der Waals surface area contributed by atoms with E-state index in [-0.39, 0.29) is 11.9 Å². The Kier molecular flexibility index (Phi) is 6.02. The molecule has 0 aliphatic carbocycles. The lowest BCUT2D eigenvalue weighted by molar-refractivity contribution is -0.124. The van der Waals surface area contributed by atoms with Gasteiger partial charge < -0.3 is 20.3 Å². The first kappa shape index (κ1) is 16.3. The van der Waals surface area contributed by atoms with Crippen LogP contribution in [0.25, 0.3) is 0 Å². The van der Waals surface area contributed by atoms with Crippen LogP contribution in [0, 0.1) is 0 Å². The Bertz CT molecular complexity index is 496. The van der Waals surface area contributed by atoms with Crippen LogP contribution in [0.4, 0.5) is 5.69 Å². The number of amides is 1. The third kappa shape index (κ3) is 3.96. The summed E-state index contributed by atoms with van der Waals surface area (Å²) >= 11 is 3.52. The van der Waals surface area contributed by atoms with E-state index in [1.54, 1.807) is 0 Å². The topological polar surface area (TPSA) is 53.6 Å². The van der Waals surface area contributed by atoms with Gasteiger partial charge in [-0.25, -0.2) is 0 Å². The summed E-state index contributed by atoms with van der Waals surface area (Å²) in [6, 6.07) is 5.91. The minimum absolute atomic E-state index is 0.0209. The first-order chi connectivity index (χ1) is 10.2. The molecule has 1 aromatic carbocycles. The van der Waals surface area contributed by atoms with Crippen molar-refractivity contribution >= 4 is 27.5 Å². The molecule has 1 fully saturated rings. The van der Waals surface area contributed by atoms with Crippen LogP contribution in [0.1, 0.15) is 12.5 Å². The van der Waals surface area contributed by atoms with Gasteiger partial charge in [0.25, 0.3) is 0 Å². The van der Waals surface area contributed by atoms with Gasteiger partial charge in [-0.1, -0.05) is 22.0 Å². The van der Waals surface area contributed by atoms with Crippen molar-refractivity contribution in [1.29, 1.82) is 0 Å². The van der Waals surface area contributed by atoms with Crippen molar-refractivity contribution in [3.63, 3.8) is 0 Å². The van der Waals surface area contributed by atoms with Crippen molar-refractivity contribution in [3.8, 4) is 0 Å². The van der Waals surface area contributed by atoms with Gasteiger partial charge in [-0.15, -0.1) is 0 Å². The lowest BCUT2D eigenvalue weighted by atomic mass is 10.1. The molecular formula is C15H22BrN3O2. The molecule has 1 aromatic rings. The first-order valence-corrected chi connectivity index (χ1v) is 8.01. The maximum absolute atomic E-state index is 12.3. The number of hydrogen-bond donors (Lipinski definition) is 2. The predicted octanol–water partition coefficient (Wildman–Crippen LogP) is 1.51. The minimum atomic E-state index is -0.274. The number of likely N-dealkylation sites (N-methyl/N-ethyl adjacent to an activating group) is 1. The molecule has 0 saturated carbocycles. The van der Waals surface area contributed by atoms with E-state index in [1.807, 2.05) is 20.0 Å². The molecule has 5 nitrogen and oxygen atoms in total. The first-order valence-electron chi connectivity index (χ1n) is 7.22. The van der Waals surface area contributed by atoms with Crippen molar-refractivity contribution in [2.45, 2.75) is 19.5 Å². The standard InChI is InChI=1S/C15H22BrN3O2/c1-3-18-15(20)14-10-21-7-6-19(14)13-8-12(16)5-4-11(13)9-17-2/h4-5,8,14,17H,3,6-7,9-10H2,1-2H3,(H,18,20). The third-order valence-electron chi connectivity index (χ3n) is 3.51. The number of anilines is 1. The molecule has 0 bridgehead atoms. The highest BCUT2D eigenvalue weighted by Gasteiger charge is 2.30. The van der Waals surface area contributed by atoms with Gasteiger partial charge in [0.15, 0.2) is 0 Å². The third-order valence-corrected chi connectivity index (χ3v) is 4.00. The Morgan fingerprint density at radius 1 is 1.52 bits per heavy atom. The van der Waals surface area contributed by atoms with Crippen molar-refractivity contribution in [2.24, 2.45) is 0 Å². The molecular weight excluding hydrogens is 334 g/mol. The quantitative estimate of drug-likeness (QED) is 0.840. The molecule has 6 heteroatoms. The number of nitrogens with one attached hydrogen (secondary N) is 2. The normalized spacial score (nSPS) is 18.6. The number of carbonyl (C=O) groups excluding carboxylic acids is 1. The van der Waals surface area contributed by atoms with Gasteiger partial charge in [0, 0.05) is 29.8 Å². The molecule has 1 aliphatic heterocycles. The van der Waals surface area contributed by atoms with Gasteiger partial charge in [-0.2, -0.15) is 0 Å². The van der Waals surface area contributed by atoms with Gasteiger partial charge in [0.1, 0.15) is 6.04 Å². The van der Waals surface area contributed by atoms with E-state index in [0.29, 0.717) is 19.8 Å². The van der Waals surface area contributed by atoms with Crippen LogP contribution >= 0.6 is 15.9 Å². The fourth-order valence-electron chi connectivity index (χ4n) is 2.55. The number of nitrogens with zero attached hydrogens (tertiary/aromatic N) is 1. The zero-order valence-electron chi connectivity index (χ0n) is 12.5. The lowest BCUT2D eigenvalue weighted by Crippen LogP contribution is -2.54. The van der Waals surface area contributed by atoms with Crippen LogP contribution in [0.5, 0.6) is 0 Å². The number of ether oxygens (including phenoxy) is 1. The summed E-state index contributed by atoms with van der Waals surface area (Å²) in [5.74, 6) is 0.0209. The summed E-state index contributed by atoms with van der Waals surface area (Å²) < 4.78 is 6.51. The summed E-state index contributed by atoms with van der Waals surface area (Å²) in [5, 5.41) is 6.07. The van der Waals surface area contributed by atoms with Crippen LogP contribution in [-0.2, 0) is 16.1 Å². The van der Waals surface area contributed by atoms with E-state index in [0.717, 1.165) is 23.2 Å². The smallest absolute Gasteiger partial charge is 0.245 e. The van der Waals surface area contributed by atoms with Gasteiger partial charge in [-0.3, -0.25) is 4.79 Å². The highest BCUT2D eigenvalue weighted by molar-refractivity contribution is 9.10.